The van der Waals surface area contributed by atoms with Gasteiger partial charge in [-0.2, -0.15) is 4.98 Å². The molecule has 0 aliphatic carbocycles. The Morgan fingerprint density at radius 3 is 2.73 bits per heavy atom. The summed E-state index contributed by atoms with van der Waals surface area (Å²) in [5, 5.41) is 2.97. The summed E-state index contributed by atoms with van der Waals surface area (Å²) >= 11 is 0. The fourth-order valence-electron chi connectivity index (χ4n) is 1.08. The first-order chi connectivity index (χ1) is 7.11. The second-order valence-electron chi connectivity index (χ2n) is 3.54. The van der Waals surface area contributed by atoms with Crippen molar-refractivity contribution in [1.29, 1.82) is 0 Å². The summed E-state index contributed by atoms with van der Waals surface area (Å²) in [6.45, 7) is 3.35. The fourth-order valence-corrected chi connectivity index (χ4v) is 1.08. The van der Waals surface area contributed by atoms with Gasteiger partial charge in [-0.15, -0.1) is 0 Å². The van der Waals surface area contributed by atoms with E-state index >= 15 is 0 Å². The summed E-state index contributed by atoms with van der Waals surface area (Å²) in [5.74, 6) is 2.11. The molecule has 15 heavy (non-hydrogen) atoms. The molecule has 0 saturated heterocycles. The molecule has 5 nitrogen and oxygen atoms in total. The van der Waals surface area contributed by atoms with Crippen LogP contribution in [-0.2, 0) is 0 Å². The third-order valence-electron chi connectivity index (χ3n) is 1.86. The lowest BCUT2D eigenvalue weighted by molar-refractivity contribution is 0.253. The normalized spacial score (nSPS) is 10.5. The van der Waals surface area contributed by atoms with Crippen LogP contribution in [0.4, 0.5) is 5.82 Å². The summed E-state index contributed by atoms with van der Waals surface area (Å²) in [4.78, 5) is 10.4. The molecule has 0 radical (unpaired) electrons. The van der Waals surface area contributed by atoms with Crippen molar-refractivity contribution in [3.8, 4) is 5.88 Å². The minimum absolute atomic E-state index is 0.619. The first kappa shape index (κ1) is 11.7. The second kappa shape index (κ2) is 5.50. The number of likely N-dealkylation sites (N-methyl/N-ethyl adjacent to an activating group) is 1. The van der Waals surface area contributed by atoms with E-state index in [-0.39, 0.29) is 0 Å². The van der Waals surface area contributed by atoms with Crippen LogP contribution in [0.3, 0.4) is 0 Å². The maximum atomic E-state index is 5.51. The minimum atomic E-state index is 0.619. The number of aryl methyl sites for hydroxylation is 1. The van der Waals surface area contributed by atoms with Gasteiger partial charge in [0.1, 0.15) is 18.2 Å². The molecule has 0 bridgehead atoms. The van der Waals surface area contributed by atoms with Gasteiger partial charge in [0.2, 0.25) is 5.88 Å². The molecule has 1 rings (SSSR count). The van der Waals surface area contributed by atoms with E-state index in [0.29, 0.717) is 18.3 Å². The molecule has 0 aromatic carbocycles. The van der Waals surface area contributed by atoms with Gasteiger partial charge in [-0.25, -0.2) is 4.98 Å². The standard InChI is InChI=1S/C10H18N4O/c1-8-12-9(11-2)7-10(13-8)15-6-5-14(3)4/h7H,5-6H2,1-4H3,(H,11,12,13). The lowest BCUT2D eigenvalue weighted by Gasteiger charge is -2.11. The molecule has 5 heteroatoms. The molecular formula is C10H18N4O. The van der Waals surface area contributed by atoms with Gasteiger partial charge in [0.25, 0.3) is 0 Å². The Morgan fingerprint density at radius 1 is 1.40 bits per heavy atom. The van der Waals surface area contributed by atoms with E-state index in [1.165, 1.54) is 0 Å². The van der Waals surface area contributed by atoms with Crippen molar-refractivity contribution in [3.05, 3.63) is 11.9 Å². The number of nitrogens with one attached hydrogen (secondary N) is 1. The minimum Gasteiger partial charge on any atom is -0.476 e. The number of anilines is 1. The van der Waals surface area contributed by atoms with Crippen LogP contribution in [0.5, 0.6) is 5.88 Å². The molecule has 0 aliphatic rings. The summed E-state index contributed by atoms with van der Waals surface area (Å²) in [6.07, 6.45) is 0. The second-order valence-corrected chi connectivity index (χ2v) is 3.54. The summed E-state index contributed by atoms with van der Waals surface area (Å²) < 4.78 is 5.51. The molecule has 0 amide bonds. The molecule has 0 fully saturated rings. The van der Waals surface area contributed by atoms with E-state index in [0.717, 1.165) is 12.4 Å². The van der Waals surface area contributed by atoms with Gasteiger partial charge < -0.3 is 15.0 Å². The van der Waals surface area contributed by atoms with Gasteiger partial charge in [-0.3, -0.25) is 0 Å². The number of hydrogen-bond donors (Lipinski definition) is 1. The molecule has 0 aliphatic heterocycles. The Balaban J connectivity index is 2.56. The van der Waals surface area contributed by atoms with Crippen molar-refractivity contribution in [2.75, 3.05) is 39.6 Å². The maximum Gasteiger partial charge on any atom is 0.218 e. The molecule has 84 valence electrons. The van der Waals surface area contributed by atoms with E-state index in [2.05, 4.69) is 20.2 Å². The van der Waals surface area contributed by atoms with Crippen LogP contribution in [-0.4, -0.2) is 49.2 Å². The first-order valence-corrected chi connectivity index (χ1v) is 4.93. The Kier molecular flexibility index (Phi) is 4.30. The third kappa shape index (κ3) is 4.12. The van der Waals surface area contributed by atoms with Gasteiger partial charge in [0.05, 0.1) is 0 Å². The van der Waals surface area contributed by atoms with Crippen molar-refractivity contribution in [3.63, 3.8) is 0 Å². The van der Waals surface area contributed by atoms with E-state index in [1.807, 2.05) is 28.1 Å². The van der Waals surface area contributed by atoms with Crippen LogP contribution >= 0.6 is 0 Å². The Bertz CT molecular complexity index is 314. The molecule has 0 unspecified atom stereocenters. The van der Waals surface area contributed by atoms with Crippen molar-refractivity contribution >= 4 is 5.82 Å². The van der Waals surface area contributed by atoms with Gasteiger partial charge >= 0.3 is 0 Å². The predicted octanol–water partition coefficient (Wildman–Crippen LogP) is 0.767. The third-order valence-corrected chi connectivity index (χ3v) is 1.86. The highest BCUT2D eigenvalue weighted by Crippen LogP contribution is 2.12. The molecule has 1 aromatic rings. The Hall–Kier alpha value is -1.36. The average Bonchev–Trinajstić information content (AvgIpc) is 2.16. The lowest BCUT2D eigenvalue weighted by atomic mass is 10.5. The van der Waals surface area contributed by atoms with Crippen LogP contribution < -0.4 is 10.1 Å². The van der Waals surface area contributed by atoms with Crippen LogP contribution in [0.1, 0.15) is 5.82 Å². The molecule has 0 atom stereocenters. The Morgan fingerprint density at radius 2 is 2.13 bits per heavy atom. The van der Waals surface area contributed by atoms with Crippen molar-refractivity contribution in [1.82, 2.24) is 14.9 Å². The van der Waals surface area contributed by atoms with E-state index in [9.17, 15) is 0 Å². The number of hydrogen-bond acceptors (Lipinski definition) is 5. The monoisotopic (exact) mass is 210 g/mol. The van der Waals surface area contributed by atoms with Crippen LogP contribution in [0, 0.1) is 6.92 Å². The average molecular weight is 210 g/mol. The van der Waals surface area contributed by atoms with Gasteiger partial charge in [0.15, 0.2) is 0 Å². The Labute approximate surface area is 90.5 Å². The van der Waals surface area contributed by atoms with Crippen LogP contribution in [0.15, 0.2) is 6.07 Å². The highest BCUT2D eigenvalue weighted by Gasteiger charge is 2.01. The SMILES string of the molecule is CNc1cc(OCCN(C)C)nc(C)n1. The largest absolute Gasteiger partial charge is 0.476 e. The number of rotatable bonds is 5. The van der Waals surface area contributed by atoms with E-state index in [1.54, 1.807) is 6.07 Å². The van der Waals surface area contributed by atoms with E-state index < -0.39 is 0 Å². The smallest absolute Gasteiger partial charge is 0.218 e. The molecule has 1 N–H and O–H groups in total. The highest BCUT2D eigenvalue weighted by atomic mass is 16.5. The summed E-state index contributed by atoms with van der Waals surface area (Å²) in [7, 11) is 5.84. The van der Waals surface area contributed by atoms with Crippen molar-refractivity contribution in [2.45, 2.75) is 6.92 Å². The number of ether oxygens (including phenoxy) is 1. The van der Waals surface area contributed by atoms with E-state index in [4.69, 9.17) is 4.74 Å². The summed E-state index contributed by atoms with van der Waals surface area (Å²) in [6, 6.07) is 1.79. The maximum absolute atomic E-state index is 5.51. The number of aromatic nitrogens is 2. The summed E-state index contributed by atoms with van der Waals surface area (Å²) in [5.41, 5.74) is 0. The number of nitrogens with zero attached hydrogens (tertiary/aromatic N) is 3. The van der Waals surface area contributed by atoms with Crippen molar-refractivity contribution in [2.24, 2.45) is 0 Å². The quantitative estimate of drug-likeness (QED) is 0.778. The molecular weight excluding hydrogens is 192 g/mol. The molecule has 0 saturated carbocycles. The first-order valence-electron chi connectivity index (χ1n) is 4.93. The zero-order chi connectivity index (χ0) is 11.3. The van der Waals surface area contributed by atoms with Gasteiger partial charge in [-0.05, 0) is 21.0 Å². The molecule has 0 spiro atoms. The topological polar surface area (TPSA) is 50.3 Å². The van der Waals surface area contributed by atoms with Crippen molar-refractivity contribution < 1.29 is 4.74 Å². The predicted molar refractivity (Wildman–Crippen MR) is 60.4 cm³/mol. The zero-order valence-electron chi connectivity index (χ0n) is 9.74. The lowest BCUT2D eigenvalue weighted by Crippen LogP contribution is -2.19. The molecule has 1 aromatic heterocycles. The van der Waals surface area contributed by atoms with Crippen LogP contribution in [0.2, 0.25) is 0 Å². The van der Waals surface area contributed by atoms with Gasteiger partial charge in [0, 0.05) is 19.7 Å². The fraction of sp³-hybridized carbons (Fsp3) is 0.600. The van der Waals surface area contributed by atoms with Crippen LogP contribution in [0.25, 0.3) is 0 Å². The zero-order valence-corrected chi connectivity index (χ0v) is 9.74. The van der Waals surface area contributed by atoms with Gasteiger partial charge in [-0.1, -0.05) is 0 Å². The molecule has 1 heterocycles. The highest BCUT2D eigenvalue weighted by molar-refractivity contribution is 5.37.